The molecule has 0 amide bonds. The second-order valence-corrected chi connectivity index (χ2v) is 6.70. The first-order valence-electron chi connectivity index (χ1n) is 6.99. The lowest BCUT2D eigenvalue weighted by atomic mass is 9.77. The van der Waals surface area contributed by atoms with Crippen LogP contribution in [0, 0.1) is 23.2 Å². The zero-order valence-corrected chi connectivity index (χ0v) is 11.9. The molecule has 2 fully saturated rings. The Morgan fingerprint density at radius 3 is 2.88 bits per heavy atom. The summed E-state index contributed by atoms with van der Waals surface area (Å²) in [6, 6.07) is 3.76. The van der Waals surface area contributed by atoms with Gasteiger partial charge < -0.3 is 0 Å². The van der Waals surface area contributed by atoms with Crippen molar-refractivity contribution >= 4 is 11.8 Å². The highest BCUT2D eigenvalue weighted by atomic mass is 32.2. The molecule has 4 atom stereocenters. The molecule has 1 heterocycles. The summed E-state index contributed by atoms with van der Waals surface area (Å²) in [5, 5.41) is 9.36. The predicted octanol–water partition coefficient (Wildman–Crippen LogP) is 3.14. The van der Waals surface area contributed by atoms with Gasteiger partial charge in [-0.2, -0.15) is 17.0 Å². The summed E-state index contributed by atoms with van der Waals surface area (Å²) in [7, 11) is 0. The molecule has 96 valence electrons. The lowest BCUT2D eigenvalue weighted by molar-refractivity contribution is 0.0780. The molecule has 4 unspecified atom stereocenters. The fourth-order valence-corrected chi connectivity index (χ4v) is 4.39. The summed E-state index contributed by atoms with van der Waals surface area (Å²) in [5.74, 6) is 3.62. The third-order valence-corrected chi connectivity index (χ3v) is 5.70. The summed E-state index contributed by atoms with van der Waals surface area (Å²) in [6.45, 7) is 5.81. The monoisotopic (exact) mass is 252 g/mol. The number of nitrogens with zero attached hydrogens (tertiary/aromatic N) is 2. The van der Waals surface area contributed by atoms with Crippen LogP contribution in [-0.4, -0.2) is 35.0 Å². The fourth-order valence-electron chi connectivity index (χ4n) is 3.35. The van der Waals surface area contributed by atoms with E-state index in [0.717, 1.165) is 12.3 Å². The zero-order valence-electron chi connectivity index (χ0n) is 11.1. The SMILES string of the molecule is CCC1CCC(C#N)C(N2CCSCC2C)C1. The van der Waals surface area contributed by atoms with Crippen LogP contribution < -0.4 is 0 Å². The van der Waals surface area contributed by atoms with Crippen LogP contribution in [0.5, 0.6) is 0 Å². The Morgan fingerprint density at radius 1 is 1.41 bits per heavy atom. The summed E-state index contributed by atoms with van der Waals surface area (Å²) in [5.41, 5.74) is 0. The maximum Gasteiger partial charge on any atom is 0.0672 e. The first-order valence-corrected chi connectivity index (χ1v) is 8.14. The highest BCUT2D eigenvalue weighted by molar-refractivity contribution is 7.99. The molecule has 1 saturated heterocycles. The molecule has 0 aromatic carbocycles. The van der Waals surface area contributed by atoms with Crippen molar-refractivity contribution in [1.82, 2.24) is 4.90 Å². The van der Waals surface area contributed by atoms with Gasteiger partial charge in [-0.15, -0.1) is 0 Å². The first-order chi connectivity index (χ1) is 8.26. The average Bonchev–Trinajstić information content (AvgIpc) is 2.38. The molecule has 0 aromatic heterocycles. The molecule has 0 aromatic rings. The predicted molar refractivity (Wildman–Crippen MR) is 74.0 cm³/mol. The van der Waals surface area contributed by atoms with Gasteiger partial charge in [0.1, 0.15) is 0 Å². The molecule has 0 N–H and O–H groups in total. The molecule has 0 bridgehead atoms. The average molecular weight is 252 g/mol. The Hall–Kier alpha value is -0.200. The van der Waals surface area contributed by atoms with E-state index in [9.17, 15) is 5.26 Å². The van der Waals surface area contributed by atoms with Crippen molar-refractivity contribution in [2.75, 3.05) is 18.1 Å². The zero-order chi connectivity index (χ0) is 12.3. The van der Waals surface area contributed by atoms with E-state index in [-0.39, 0.29) is 5.92 Å². The van der Waals surface area contributed by atoms with E-state index >= 15 is 0 Å². The van der Waals surface area contributed by atoms with Crippen LogP contribution in [0.25, 0.3) is 0 Å². The minimum Gasteiger partial charge on any atom is -0.295 e. The molecular weight excluding hydrogens is 228 g/mol. The van der Waals surface area contributed by atoms with Crippen molar-refractivity contribution in [3.63, 3.8) is 0 Å². The molecule has 1 aliphatic carbocycles. The third-order valence-electron chi connectivity index (χ3n) is 4.51. The number of rotatable bonds is 2. The van der Waals surface area contributed by atoms with Gasteiger partial charge in [0.05, 0.1) is 12.0 Å². The van der Waals surface area contributed by atoms with Crippen LogP contribution in [0.15, 0.2) is 0 Å². The lowest BCUT2D eigenvalue weighted by Crippen LogP contribution is -2.51. The van der Waals surface area contributed by atoms with Crippen molar-refractivity contribution in [3.8, 4) is 6.07 Å². The molecule has 0 radical (unpaired) electrons. The van der Waals surface area contributed by atoms with E-state index in [1.165, 1.54) is 37.3 Å². The van der Waals surface area contributed by atoms with Gasteiger partial charge in [0, 0.05) is 30.1 Å². The topological polar surface area (TPSA) is 27.0 Å². The Kier molecular flexibility index (Phi) is 4.76. The number of hydrogen-bond acceptors (Lipinski definition) is 3. The molecule has 1 saturated carbocycles. The second-order valence-electron chi connectivity index (χ2n) is 5.55. The van der Waals surface area contributed by atoms with E-state index in [4.69, 9.17) is 0 Å². The van der Waals surface area contributed by atoms with Crippen molar-refractivity contribution in [1.29, 1.82) is 5.26 Å². The minimum atomic E-state index is 0.281. The molecule has 17 heavy (non-hydrogen) atoms. The van der Waals surface area contributed by atoms with Crippen LogP contribution in [-0.2, 0) is 0 Å². The van der Waals surface area contributed by atoms with E-state index < -0.39 is 0 Å². The first kappa shape index (κ1) is 13.2. The van der Waals surface area contributed by atoms with Gasteiger partial charge >= 0.3 is 0 Å². The number of hydrogen-bond donors (Lipinski definition) is 0. The van der Waals surface area contributed by atoms with Gasteiger partial charge in [-0.25, -0.2) is 0 Å². The maximum absolute atomic E-state index is 9.36. The summed E-state index contributed by atoms with van der Waals surface area (Å²) in [4.78, 5) is 2.63. The number of thioether (sulfide) groups is 1. The number of nitriles is 1. The van der Waals surface area contributed by atoms with Crippen molar-refractivity contribution < 1.29 is 0 Å². The highest BCUT2D eigenvalue weighted by Crippen LogP contribution is 2.35. The quantitative estimate of drug-likeness (QED) is 0.755. The van der Waals surface area contributed by atoms with Crippen LogP contribution >= 0.6 is 11.8 Å². The van der Waals surface area contributed by atoms with E-state index in [1.807, 2.05) is 0 Å². The Bertz CT molecular complexity index is 286. The summed E-state index contributed by atoms with van der Waals surface area (Å²) in [6.07, 6.45) is 4.92. The molecule has 2 rings (SSSR count). The van der Waals surface area contributed by atoms with Crippen LogP contribution in [0.2, 0.25) is 0 Å². The lowest BCUT2D eigenvalue weighted by Gasteiger charge is -2.45. The standard InChI is InChI=1S/C14H24N2S/c1-3-12-4-5-13(9-15)14(8-12)16-6-7-17-10-11(16)2/h11-14H,3-8,10H2,1-2H3. The maximum atomic E-state index is 9.36. The normalized spacial score (nSPS) is 39.8. The Labute approximate surface area is 110 Å². The third kappa shape index (κ3) is 2.98. The van der Waals surface area contributed by atoms with Crippen LogP contribution in [0.3, 0.4) is 0 Å². The van der Waals surface area contributed by atoms with Crippen molar-refractivity contribution in [2.45, 2.75) is 51.6 Å². The summed E-state index contributed by atoms with van der Waals surface area (Å²) < 4.78 is 0. The van der Waals surface area contributed by atoms with Gasteiger partial charge in [0.2, 0.25) is 0 Å². The molecular formula is C14H24N2S. The fraction of sp³-hybridized carbons (Fsp3) is 0.929. The largest absolute Gasteiger partial charge is 0.295 e. The molecule has 3 heteroatoms. The minimum absolute atomic E-state index is 0.281. The highest BCUT2D eigenvalue weighted by Gasteiger charge is 2.36. The van der Waals surface area contributed by atoms with E-state index in [2.05, 4.69) is 36.6 Å². The Morgan fingerprint density at radius 2 is 2.24 bits per heavy atom. The molecule has 0 spiro atoms. The summed E-state index contributed by atoms with van der Waals surface area (Å²) >= 11 is 2.06. The van der Waals surface area contributed by atoms with Gasteiger partial charge in [0.15, 0.2) is 0 Å². The smallest absolute Gasteiger partial charge is 0.0672 e. The van der Waals surface area contributed by atoms with Gasteiger partial charge in [-0.3, -0.25) is 4.90 Å². The molecule has 2 nitrogen and oxygen atoms in total. The molecule has 2 aliphatic rings. The van der Waals surface area contributed by atoms with Crippen LogP contribution in [0.1, 0.15) is 39.5 Å². The van der Waals surface area contributed by atoms with Crippen molar-refractivity contribution in [2.24, 2.45) is 11.8 Å². The van der Waals surface area contributed by atoms with Crippen LogP contribution in [0.4, 0.5) is 0 Å². The molecule has 1 aliphatic heterocycles. The van der Waals surface area contributed by atoms with Gasteiger partial charge in [-0.05, 0) is 32.1 Å². The van der Waals surface area contributed by atoms with Gasteiger partial charge in [-0.1, -0.05) is 13.3 Å². The van der Waals surface area contributed by atoms with E-state index in [0.29, 0.717) is 12.1 Å². The van der Waals surface area contributed by atoms with Gasteiger partial charge in [0.25, 0.3) is 0 Å². The van der Waals surface area contributed by atoms with E-state index in [1.54, 1.807) is 0 Å². The Balaban J connectivity index is 2.06. The van der Waals surface area contributed by atoms with Crippen molar-refractivity contribution in [3.05, 3.63) is 0 Å². The second kappa shape index (κ2) is 6.11.